The smallest absolute Gasteiger partial charge is 0.269 e. The van der Waals surface area contributed by atoms with Gasteiger partial charge in [0.05, 0.1) is 36.5 Å². The average Bonchev–Trinajstić information content (AvgIpc) is 3.39. The fraction of sp³-hybridized carbons (Fsp3) is 0.200. The predicted octanol–water partition coefficient (Wildman–Crippen LogP) is 5.23. The van der Waals surface area contributed by atoms with Crippen LogP contribution in [0.3, 0.4) is 0 Å². The largest absolute Gasteiger partial charge is 0.378 e. The lowest BCUT2D eigenvalue weighted by atomic mass is 10.1. The van der Waals surface area contributed by atoms with Crippen LogP contribution in [0.5, 0.6) is 0 Å². The van der Waals surface area contributed by atoms with Crippen LogP contribution in [-0.4, -0.2) is 48.2 Å². The molecule has 0 unspecified atom stereocenters. The second kappa shape index (κ2) is 11.0. The fourth-order valence-corrected chi connectivity index (χ4v) is 6.49. The molecule has 2 aromatic carbocycles. The number of benzene rings is 2. The molecule has 12 heteroatoms. The first-order chi connectivity index (χ1) is 20.1. The topological polar surface area (TPSA) is 86.4 Å². The maximum absolute atomic E-state index is 14.5. The highest BCUT2D eigenvalue weighted by molar-refractivity contribution is 7.90. The molecule has 1 saturated heterocycles. The van der Waals surface area contributed by atoms with Crippen LogP contribution in [0.15, 0.2) is 82.9 Å². The van der Waals surface area contributed by atoms with E-state index in [9.17, 15) is 22.0 Å². The van der Waals surface area contributed by atoms with Gasteiger partial charge in [0.25, 0.3) is 15.6 Å². The molecule has 4 heterocycles. The van der Waals surface area contributed by atoms with Gasteiger partial charge in [-0.3, -0.25) is 4.79 Å². The number of nitrogens with zero attached hydrogens (tertiary/aromatic N) is 4. The standard InChI is InChI=1S/C30H25ClF2N4O4S/c1-19-2-5-23(6-3-19)42(39,40)37-18-25(24-15-22(16-34-30(24)37)35-10-12-41-13-11-35)20-8-9-36(27(38)14-20)17-21-4-7-26(32)28(31)29(21)33/h2-9,14-16,18H,10-13,17H2,1H3. The summed E-state index contributed by atoms with van der Waals surface area (Å²) in [7, 11) is -4.03. The van der Waals surface area contributed by atoms with Crippen molar-refractivity contribution in [2.24, 2.45) is 0 Å². The molecule has 0 saturated carbocycles. The third-order valence-corrected chi connectivity index (χ3v) is 9.33. The fourth-order valence-electron chi connectivity index (χ4n) is 4.98. The van der Waals surface area contributed by atoms with Crippen molar-refractivity contribution in [3.63, 3.8) is 0 Å². The van der Waals surface area contributed by atoms with Crippen molar-refractivity contribution in [1.29, 1.82) is 0 Å². The van der Waals surface area contributed by atoms with Crippen LogP contribution < -0.4 is 10.5 Å². The molecule has 6 rings (SSSR count). The van der Waals surface area contributed by atoms with Crippen molar-refractivity contribution in [3.8, 4) is 11.1 Å². The van der Waals surface area contributed by atoms with Crippen LogP contribution in [0, 0.1) is 18.6 Å². The predicted molar refractivity (Wildman–Crippen MR) is 157 cm³/mol. The molecule has 0 aliphatic carbocycles. The first-order valence-electron chi connectivity index (χ1n) is 13.1. The summed E-state index contributed by atoms with van der Waals surface area (Å²) in [5, 5.41) is -0.0912. The molecule has 1 aliphatic rings. The van der Waals surface area contributed by atoms with E-state index in [1.165, 1.54) is 29.1 Å². The van der Waals surface area contributed by atoms with E-state index >= 15 is 0 Å². The monoisotopic (exact) mass is 610 g/mol. The summed E-state index contributed by atoms with van der Waals surface area (Å²) in [6.07, 6.45) is 4.58. The lowest BCUT2D eigenvalue weighted by Gasteiger charge is -2.28. The van der Waals surface area contributed by atoms with E-state index in [0.717, 1.165) is 21.3 Å². The molecule has 42 heavy (non-hydrogen) atoms. The van der Waals surface area contributed by atoms with Gasteiger partial charge >= 0.3 is 0 Å². The van der Waals surface area contributed by atoms with Crippen molar-refractivity contribution < 1.29 is 21.9 Å². The zero-order valence-electron chi connectivity index (χ0n) is 22.4. The molecule has 8 nitrogen and oxygen atoms in total. The summed E-state index contributed by atoms with van der Waals surface area (Å²) in [6, 6.07) is 13.7. The summed E-state index contributed by atoms with van der Waals surface area (Å²) < 4.78 is 63.5. The minimum absolute atomic E-state index is 0.0522. The Kier molecular flexibility index (Phi) is 7.34. The first-order valence-corrected chi connectivity index (χ1v) is 14.9. The third kappa shape index (κ3) is 5.08. The van der Waals surface area contributed by atoms with Crippen LogP contribution in [0.2, 0.25) is 5.02 Å². The van der Waals surface area contributed by atoms with Gasteiger partial charge in [-0.25, -0.2) is 26.2 Å². The summed E-state index contributed by atoms with van der Waals surface area (Å²) in [5.74, 6) is -1.82. The Bertz CT molecular complexity index is 1990. The normalized spacial score (nSPS) is 14.0. The summed E-state index contributed by atoms with van der Waals surface area (Å²) >= 11 is 5.70. The van der Waals surface area contributed by atoms with Crippen LogP contribution in [0.25, 0.3) is 22.2 Å². The number of aryl methyl sites for hydroxylation is 1. The lowest BCUT2D eigenvalue weighted by Crippen LogP contribution is -2.36. The maximum Gasteiger partial charge on any atom is 0.269 e. The van der Waals surface area contributed by atoms with Gasteiger partial charge in [-0.05, 0) is 42.8 Å². The average molecular weight is 611 g/mol. The van der Waals surface area contributed by atoms with Crippen molar-refractivity contribution in [2.45, 2.75) is 18.4 Å². The van der Waals surface area contributed by atoms with Crippen molar-refractivity contribution in [3.05, 3.63) is 111 Å². The van der Waals surface area contributed by atoms with Crippen LogP contribution >= 0.6 is 11.6 Å². The summed E-state index contributed by atoms with van der Waals surface area (Å²) in [6.45, 7) is 4.14. The Morgan fingerprint density at radius 1 is 1.02 bits per heavy atom. The number of fused-ring (bicyclic) bond motifs is 1. The van der Waals surface area contributed by atoms with E-state index in [1.54, 1.807) is 36.5 Å². The second-order valence-corrected chi connectivity index (χ2v) is 12.2. The molecule has 5 aromatic rings. The summed E-state index contributed by atoms with van der Waals surface area (Å²) in [4.78, 5) is 19.9. The van der Waals surface area contributed by atoms with Crippen LogP contribution in [0.1, 0.15) is 11.1 Å². The number of hydrogen-bond acceptors (Lipinski definition) is 6. The molecule has 0 bridgehead atoms. The molecule has 1 fully saturated rings. The zero-order chi connectivity index (χ0) is 29.6. The Labute approximate surface area is 245 Å². The van der Waals surface area contributed by atoms with Gasteiger partial charge in [0, 0.05) is 48.1 Å². The van der Waals surface area contributed by atoms with Gasteiger partial charge in [-0.1, -0.05) is 35.4 Å². The number of ether oxygens (including phenoxy) is 1. The molecular formula is C30H25ClF2N4O4S. The molecule has 0 radical (unpaired) electrons. The van der Waals surface area contributed by atoms with Gasteiger partial charge < -0.3 is 14.2 Å². The number of halogens is 3. The van der Waals surface area contributed by atoms with Crippen molar-refractivity contribution in [1.82, 2.24) is 13.5 Å². The molecule has 0 spiro atoms. The Balaban J connectivity index is 1.47. The number of anilines is 1. The molecule has 216 valence electrons. The van der Waals surface area contributed by atoms with E-state index in [4.69, 9.17) is 16.3 Å². The highest BCUT2D eigenvalue weighted by Gasteiger charge is 2.24. The van der Waals surface area contributed by atoms with E-state index in [2.05, 4.69) is 9.88 Å². The summed E-state index contributed by atoms with van der Waals surface area (Å²) in [5.41, 5.74) is 2.47. The third-order valence-electron chi connectivity index (χ3n) is 7.31. The van der Waals surface area contributed by atoms with Gasteiger partial charge in [-0.2, -0.15) is 0 Å². The van der Waals surface area contributed by atoms with Gasteiger partial charge in [0.2, 0.25) is 0 Å². The van der Waals surface area contributed by atoms with Crippen LogP contribution in [0.4, 0.5) is 14.5 Å². The van der Waals surface area contributed by atoms with E-state index in [1.807, 2.05) is 13.0 Å². The van der Waals surface area contributed by atoms with Gasteiger partial charge in [0.15, 0.2) is 5.65 Å². The maximum atomic E-state index is 14.5. The highest BCUT2D eigenvalue weighted by atomic mass is 35.5. The Hall–Kier alpha value is -4.06. The number of aromatic nitrogens is 3. The van der Waals surface area contributed by atoms with E-state index in [-0.39, 0.29) is 22.7 Å². The Morgan fingerprint density at radius 2 is 1.76 bits per heavy atom. The first kappa shape index (κ1) is 28.1. The minimum atomic E-state index is -4.03. The molecule has 3 aromatic heterocycles. The van der Waals surface area contributed by atoms with E-state index in [0.29, 0.717) is 42.8 Å². The second-order valence-electron chi connectivity index (χ2n) is 10.0. The molecule has 0 amide bonds. The molecule has 0 atom stereocenters. The SMILES string of the molecule is Cc1ccc(S(=O)(=O)n2cc(-c3ccn(Cc4ccc(F)c(Cl)c4F)c(=O)c3)c3cc(N4CCOCC4)cnc32)cc1. The number of pyridine rings is 2. The lowest BCUT2D eigenvalue weighted by molar-refractivity contribution is 0.122. The zero-order valence-corrected chi connectivity index (χ0v) is 24.0. The number of morpholine rings is 1. The molecule has 1 aliphatic heterocycles. The van der Waals surface area contributed by atoms with Gasteiger partial charge in [-0.15, -0.1) is 0 Å². The molecule has 0 N–H and O–H groups in total. The number of hydrogen-bond donors (Lipinski definition) is 0. The minimum Gasteiger partial charge on any atom is -0.378 e. The van der Waals surface area contributed by atoms with Gasteiger partial charge in [0.1, 0.15) is 16.7 Å². The quantitative estimate of drug-likeness (QED) is 0.245. The van der Waals surface area contributed by atoms with Crippen LogP contribution in [-0.2, 0) is 21.3 Å². The highest BCUT2D eigenvalue weighted by Crippen LogP contribution is 2.34. The van der Waals surface area contributed by atoms with E-state index < -0.39 is 32.2 Å². The van der Waals surface area contributed by atoms with Crippen molar-refractivity contribution >= 4 is 38.3 Å². The molecular weight excluding hydrogens is 586 g/mol. The van der Waals surface area contributed by atoms with Crippen molar-refractivity contribution in [2.75, 3.05) is 31.2 Å². The number of rotatable bonds is 6. The Morgan fingerprint density at radius 3 is 2.48 bits per heavy atom.